The number of carbonyl (C=O) groups is 1. The van der Waals surface area contributed by atoms with Crippen LogP contribution in [0.25, 0.3) is 0 Å². The van der Waals surface area contributed by atoms with Gasteiger partial charge in [0.05, 0.1) is 15.6 Å². The molecule has 1 aliphatic heterocycles. The van der Waals surface area contributed by atoms with Gasteiger partial charge in [-0.2, -0.15) is 0 Å². The highest BCUT2D eigenvalue weighted by Crippen LogP contribution is 2.45. The van der Waals surface area contributed by atoms with Gasteiger partial charge in [-0.3, -0.25) is 19.6 Å². The molecule has 4 rings (SSSR count). The van der Waals surface area contributed by atoms with Crippen LogP contribution in [-0.2, 0) is 4.79 Å². The quantitative estimate of drug-likeness (QED) is 0.711. The molecular formula is C17H13Cl2N3O3. The predicted molar refractivity (Wildman–Crippen MR) is 95.5 cm³/mol. The van der Waals surface area contributed by atoms with E-state index in [2.05, 4.69) is 15.3 Å². The Balaban J connectivity index is 2.07. The SMILES string of the molecule is O=C1CCCC2=C1[C@@H](c1cccc(Cl)c1Cl)c1c([nH]c(=O)[nH]c1=O)N2. The number of aromatic nitrogens is 2. The second kappa shape index (κ2) is 5.89. The molecule has 2 aromatic rings. The molecule has 0 unspecified atom stereocenters. The molecule has 8 heteroatoms. The van der Waals surface area contributed by atoms with Crippen molar-refractivity contribution in [3.63, 3.8) is 0 Å². The third-order valence-corrected chi connectivity index (χ3v) is 5.41. The summed E-state index contributed by atoms with van der Waals surface area (Å²) in [6.07, 6.45) is 1.78. The standard InChI is InChI=1S/C17H13Cl2N3O3/c18-8-4-1-3-7(14(8)19)11-12-9(5-2-6-10(12)23)20-15-13(11)16(24)22-17(25)21-15/h1,3-4,11H,2,5-6H2,(H3,20,21,22,24,25)/t11-/m1/s1. The number of halogens is 2. The van der Waals surface area contributed by atoms with E-state index in [0.717, 1.165) is 0 Å². The van der Waals surface area contributed by atoms with Crippen LogP contribution in [0.4, 0.5) is 5.82 Å². The average molecular weight is 378 g/mol. The number of ketones is 1. The predicted octanol–water partition coefficient (Wildman–Crippen LogP) is 2.93. The van der Waals surface area contributed by atoms with E-state index in [4.69, 9.17) is 23.2 Å². The van der Waals surface area contributed by atoms with Crippen LogP contribution in [0.5, 0.6) is 0 Å². The number of H-pyrrole nitrogens is 2. The van der Waals surface area contributed by atoms with E-state index in [0.29, 0.717) is 46.9 Å². The molecule has 1 aromatic heterocycles. The largest absolute Gasteiger partial charge is 0.344 e. The Labute approximate surface area is 151 Å². The Morgan fingerprint density at radius 2 is 1.84 bits per heavy atom. The third-order valence-electron chi connectivity index (χ3n) is 4.58. The van der Waals surface area contributed by atoms with Crippen LogP contribution in [0, 0.1) is 0 Å². The van der Waals surface area contributed by atoms with Gasteiger partial charge in [0.15, 0.2) is 5.78 Å². The second-order valence-electron chi connectivity index (χ2n) is 6.07. The molecule has 1 aromatic carbocycles. The molecule has 2 heterocycles. The van der Waals surface area contributed by atoms with Crippen molar-refractivity contribution >= 4 is 34.8 Å². The van der Waals surface area contributed by atoms with Gasteiger partial charge in [-0.1, -0.05) is 35.3 Å². The number of anilines is 1. The van der Waals surface area contributed by atoms with Crippen LogP contribution in [0.2, 0.25) is 10.0 Å². The van der Waals surface area contributed by atoms with Crippen molar-refractivity contribution in [2.24, 2.45) is 0 Å². The van der Waals surface area contributed by atoms with Gasteiger partial charge < -0.3 is 5.32 Å². The maximum Gasteiger partial charge on any atom is 0.327 e. The van der Waals surface area contributed by atoms with Gasteiger partial charge in [0, 0.05) is 23.6 Å². The summed E-state index contributed by atoms with van der Waals surface area (Å²) in [7, 11) is 0. The van der Waals surface area contributed by atoms with Gasteiger partial charge in [-0.05, 0) is 24.5 Å². The zero-order chi connectivity index (χ0) is 17.7. The molecule has 0 spiro atoms. The summed E-state index contributed by atoms with van der Waals surface area (Å²) < 4.78 is 0. The van der Waals surface area contributed by atoms with Crippen molar-refractivity contribution in [1.82, 2.24) is 9.97 Å². The molecule has 0 saturated carbocycles. The lowest BCUT2D eigenvalue weighted by Gasteiger charge is -2.33. The summed E-state index contributed by atoms with van der Waals surface area (Å²) >= 11 is 12.5. The molecule has 1 atom stereocenters. The van der Waals surface area contributed by atoms with E-state index in [1.807, 2.05) is 0 Å². The molecule has 3 N–H and O–H groups in total. The fraction of sp³-hybridized carbons (Fsp3) is 0.235. The smallest absolute Gasteiger partial charge is 0.327 e. The zero-order valence-electron chi connectivity index (χ0n) is 12.9. The van der Waals surface area contributed by atoms with E-state index in [1.165, 1.54) is 0 Å². The van der Waals surface area contributed by atoms with E-state index < -0.39 is 17.2 Å². The number of hydrogen-bond donors (Lipinski definition) is 3. The number of Topliss-reactive ketones (excluding diaryl/α,β-unsaturated/α-hetero) is 1. The third kappa shape index (κ3) is 2.53. The summed E-state index contributed by atoms with van der Waals surface area (Å²) in [4.78, 5) is 41.7. The number of fused-ring (bicyclic) bond motifs is 1. The lowest BCUT2D eigenvalue weighted by molar-refractivity contribution is -0.116. The lowest BCUT2D eigenvalue weighted by Crippen LogP contribution is -2.36. The highest BCUT2D eigenvalue weighted by atomic mass is 35.5. The number of nitrogens with one attached hydrogen (secondary N) is 3. The number of aromatic amines is 2. The summed E-state index contributed by atoms with van der Waals surface area (Å²) in [6, 6.07) is 5.11. The van der Waals surface area contributed by atoms with Gasteiger partial charge in [-0.25, -0.2) is 4.79 Å². The molecule has 0 fully saturated rings. The van der Waals surface area contributed by atoms with E-state index in [9.17, 15) is 14.4 Å². The minimum atomic E-state index is -0.675. The van der Waals surface area contributed by atoms with E-state index in [-0.39, 0.29) is 16.4 Å². The van der Waals surface area contributed by atoms with Crippen molar-refractivity contribution in [2.45, 2.75) is 25.2 Å². The topological polar surface area (TPSA) is 94.8 Å². The number of benzene rings is 1. The molecule has 2 aliphatic rings. The molecule has 0 radical (unpaired) electrons. The van der Waals surface area contributed by atoms with Crippen LogP contribution >= 0.6 is 23.2 Å². The van der Waals surface area contributed by atoms with Gasteiger partial charge in [-0.15, -0.1) is 0 Å². The fourth-order valence-corrected chi connectivity index (χ4v) is 3.97. The zero-order valence-corrected chi connectivity index (χ0v) is 14.4. The summed E-state index contributed by atoms with van der Waals surface area (Å²) in [5.74, 6) is -0.417. The number of allylic oxidation sites excluding steroid dienone is 2. The first-order valence-electron chi connectivity index (χ1n) is 7.81. The van der Waals surface area contributed by atoms with E-state index in [1.54, 1.807) is 18.2 Å². The normalized spacial score (nSPS) is 19.3. The van der Waals surface area contributed by atoms with Gasteiger partial charge in [0.1, 0.15) is 5.82 Å². The Morgan fingerprint density at radius 1 is 1.04 bits per heavy atom. The first-order chi connectivity index (χ1) is 12.0. The Hall–Kier alpha value is -2.31. The Kier molecular flexibility index (Phi) is 3.81. The fourth-order valence-electron chi connectivity index (χ4n) is 3.55. The van der Waals surface area contributed by atoms with Crippen molar-refractivity contribution in [2.75, 3.05) is 5.32 Å². The van der Waals surface area contributed by atoms with Crippen molar-refractivity contribution in [3.05, 3.63) is 71.5 Å². The van der Waals surface area contributed by atoms with Crippen LogP contribution in [-0.4, -0.2) is 15.8 Å². The molecule has 25 heavy (non-hydrogen) atoms. The highest BCUT2D eigenvalue weighted by Gasteiger charge is 2.38. The minimum Gasteiger partial charge on any atom is -0.344 e. The van der Waals surface area contributed by atoms with Crippen molar-refractivity contribution in [1.29, 1.82) is 0 Å². The van der Waals surface area contributed by atoms with Crippen LogP contribution in [0.1, 0.15) is 36.3 Å². The van der Waals surface area contributed by atoms with E-state index >= 15 is 0 Å². The average Bonchev–Trinajstić information content (AvgIpc) is 2.55. The van der Waals surface area contributed by atoms with Crippen LogP contribution in [0.3, 0.4) is 0 Å². The lowest BCUT2D eigenvalue weighted by atomic mass is 9.76. The second-order valence-corrected chi connectivity index (χ2v) is 6.85. The number of carbonyl (C=O) groups excluding carboxylic acids is 1. The van der Waals surface area contributed by atoms with Crippen molar-refractivity contribution in [3.8, 4) is 0 Å². The minimum absolute atomic E-state index is 0.0361. The van der Waals surface area contributed by atoms with Crippen LogP contribution in [0.15, 0.2) is 39.1 Å². The van der Waals surface area contributed by atoms with Crippen LogP contribution < -0.4 is 16.6 Å². The first-order valence-corrected chi connectivity index (χ1v) is 8.56. The molecular weight excluding hydrogens is 365 g/mol. The van der Waals surface area contributed by atoms with Gasteiger partial charge >= 0.3 is 5.69 Å². The number of rotatable bonds is 1. The maximum absolute atomic E-state index is 12.6. The summed E-state index contributed by atoms with van der Waals surface area (Å²) in [5, 5.41) is 3.68. The first kappa shape index (κ1) is 16.2. The Morgan fingerprint density at radius 3 is 2.64 bits per heavy atom. The van der Waals surface area contributed by atoms with Gasteiger partial charge in [0.25, 0.3) is 5.56 Å². The molecule has 1 aliphatic carbocycles. The maximum atomic E-state index is 12.6. The molecule has 6 nitrogen and oxygen atoms in total. The Bertz CT molecular complexity index is 1050. The molecule has 128 valence electrons. The molecule has 0 saturated heterocycles. The van der Waals surface area contributed by atoms with Gasteiger partial charge in [0.2, 0.25) is 0 Å². The monoisotopic (exact) mass is 377 g/mol. The van der Waals surface area contributed by atoms with Crippen molar-refractivity contribution < 1.29 is 4.79 Å². The summed E-state index contributed by atoms with van der Waals surface area (Å²) in [6.45, 7) is 0. The number of hydrogen-bond acceptors (Lipinski definition) is 4. The molecule has 0 amide bonds. The molecule has 0 bridgehead atoms. The highest BCUT2D eigenvalue weighted by molar-refractivity contribution is 6.42. The summed E-state index contributed by atoms with van der Waals surface area (Å²) in [5.41, 5.74) is 0.886.